The predicted molar refractivity (Wildman–Crippen MR) is 108 cm³/mol. The van der Waals surface area contributed by atoms with Gasteiger partial charge in [0.15, 0.2) is 5.78 Å². The first kappa shape index (κ1) is 21.0. The molecular weight excluding hydrogens is 415 g/mol. The van der Waals surface area contributed by atoms with E-state index in [-0.39, 0.29) is 35.1 Å². The topological polar surface area (TPSA) is 99.9 Å². The number of aliphatic hydroxyl groups is 1. The van der Waals surface area contributed by atoms with Crippen molar-refractivity contribution in [3.63, 3.8) is 0 Å². The highest BCUT2D eigenvalue weighted by molar-refractivity contribution is 6.11. The highest BCUT2D eigenvalue weighted by atomic mass is 19.4. The minimum atomic E-state index is -4.61. The molecule has 0 amide bonds. The zero-order valence-electron chi connectivity index (χ0n) is 16.6. The van der Waals surface area contributed by atoms with E-state index < -0.39 is 17.8 Å². The van der Waals surface area contributed by atoms with E-state index in [4.69, 9.17) is 4.74 Å². The Labute approximate surface area is 175 Å². The summed E-state index contributed by atoms with van der Waals surface area (Å²) in [6.45, 7) is 0.952. The lowest BCUT2D eigenvalue weighted by molar-refractivity contribution is -0.138. The Morgan fingerprint density at radius 2 is 1.97 bits per heavy atom. The lowest BCUT2D eigenvalue weighted by Gasteiger charge is -2.30. The molecule has 0 aliphatic carbocycles. The molecule has 1 aromatic carbocycles. The van der Waals surface area contributed by atoms with Gasteiger partial charge < -0.3 is 20.1 Å². The molecule has 8 nitrogen and oxygen atoms in total. The Balaban J connectivity index is 1.75. The van der Waals surface area contributed by atoms with Crippen molar-refractivity contribution in [2.75, 3.05) is 37.0 Å². The second kappa shape index (κ2) is 8.14. The number of benzene rings is 1. The summed E-state index contributed by atoms with van der Waals surface area (Å²) >= 11 is 0. The fourth-order valence-corrected chi connectivity index (χ4v) is 3.57. The summed E-state index contributed by atoms with van der Waals surface area (Å²) in [7, 11) is 1.16. The van der Waals surface area contributed by atoms with Crippen LogP contribution in [0, 0.1) is 0 Å². The van der Waals surface area contributed by atoms with Gasteiger partial charge in [0.1, 0.15) is 18.1 Å². The lowest BCUT2D eigenvalue weighted by atomic mass is 10.1. The molecular formula is C20H20F3N5O3. The van der Waals surface area contributed by atoms with Crippen molar-refractivity contribution in [1.29, 1.82) is 0 Å². The van der Waals surface area contributed by atoms with E-state index in [0.717, 1.165) is 13.2 Å². The summed E-state index contributed by atoms with van der Waals surface area (Å²) in [6.07, 6.45) is -2.46. The van der Waals surface area contributed by atoms with Gasteiger partial charge in [0.2, 0.25) is 5.95 Å². The number of hydrogen-bond acceptors (Lipinski definition) is 8. The predicted octanol–water partition coefficient (Wildman–Crippen LogP) is 2.82. The summed E-state index contributed by atoms with van der Waals surface area (Å²) in [5.74, 6) is -0.205. The maximum Gasteiger partial charge on any atom is 0.420 e. The van der Waals surface area contributed by atoms with Gasteiger partial charge in [-0.15, -0.1) is 0 Å². The number of carbonyl (C=O) groups excluding carboxylic acids is 1. The number of methoxy groups -OCH3 is 1. The maximum atomic E-state index is 13.4. The summed E-state index contributed by atoms with van der Waals surface area (Å²) < 4.78 is 45.0. The Kier molecular flexibility index (Phi) is 5.52. The van der Waals surface area contributed by atoms with Gasteiger partial charge in [-0.2, -0.15) is 18.2 Å². The number of aromatic nitrogens is 2. The van der Waals surface area contributed by atoms with Crippen LogP contribution in [0.25, 0.3) is 0 Å². The number of nitrogens with one attached hydrogen (secondary N) is 1. The number of aliphatic hydroxyl groups excluding tert-OH is 1. The highest BCUT2D eigenvalue weighted by Gasteiger charge is 2.35. The maximum absolute atomic E-state index is 13.4. The first-order valence-corrected chi connectivity index (χ1v) is 9.66. The minimum Gasteiger partial charge on any atom is -0.496 e. The number of alkyl halides is 3. The molecule has 2 N–H and O–H groups in total. The van der Waals surface area contributed by atoms with Crippen LogP contribution in [0.3, 0.4) is 0 Å². The van der Waals surface area contributed by atoms with Gasteiger partial charge >= 0.3 is 6.18 Å². The van der Waals surface area contributed by atoms with Crippen LogP contribution in [0.4, 0.5) is 30.6 Å². The Bertz CT molecular complexity index is 1030. The normalized spacial score (nSPS) is 16.9. The number of ketones is 1. The molecule has 2 aromatic rings. The molecule has 0 radical (unpaired) electrons. The number of fused-ring (bicyclic) bond motifs is 1. The van der Waals surface area contributed by atoms with E-state index in [1.807, 2.05) is 4.90 Å². The molecule has 0 unspecified atom stereocenters. The largest absolute Gasteiger partial charge is 0.496 e. The van der Waals surface area contributed by atoms with E-state index in [1.54, 1.807) is 0 Å². The molecule has 1 aromatic heterocycles. The molecule has 31 heavy (non-hydrogen) atoms. The minimum absolute atomic E-state index is 0.0866. The quantitative estimate of drug-likeness (QED) is 0.762. The second-order valence-corrected chi connectivity index (χ2v) is 7.28. The molecule has 0 saturated carbocycles. The van der Waals surface area contributed by atoms with E-state index in [2.05, 4.69) is 20.3 Å². The number of rotatable bonds is 4. The number of piperidine rings is 1. The fourth-order valence-electron chi connectivity index (χ4n) is 3.57. The fraction of sp³-hybridized carbons (Fsp3) is 0.400. The van der Waals surface area contributed by atoms with Gasteiger partial charge in [-0.05, 0) is 31.0 Å². The molecule has 164 valence electrons. The van der Waals surface area contributed by atoms with Gasteiger partial charge in [-0.1, -0.05) is 0 Å². The highest BCUT2D eigenvalue weighted by Crippen LogP contribution is 2.38. The SMILES string of the molecule is COc1ccc(Nc2nc(N3CCC(O)CC3)nc3c2C(=O)CN=C3)cc1C(F)(F)F. The van der Waals surface area contributed by atoms with Gasteiger partial charge in [0.05, 0.1) is 30.0 Å². The van der Waals surface area contributed by atoms with Gasteiger partial charge in [0.25, 0.3) is 0 Å². The van der Waals surface area contributed by atoms with Crippen molar-refractivity contribution in [2.24, 2.45) is 4.99 Å². The average Bonchev–Trinajstić information content (AvgIpc) is 2.73. The standard InChI is InChI=1S/C20H20F3N5O3/c1-31-16-3-2-11(8-13(16)20(21,22)23)25-18-17-14(9-24-10-15(17)30)26-19(27-18)28-6-4-12(29)5-7-28/h2-3,8-9,12,29H,4-7,10H2,1H3,(H,25,26,27). The van der Waals surface area contributed by atoms with Crippen LogP contribution in [0.15, 0.2) is 23.2 Å². The molecule has 11 heteroatoms. The van der Waals surface area contributed by atoms with E-state index >= 15 is 0 Å². The van der Waals surface area contributed by atoms with Crippen molar-refractivity contribution in [2.45, 2.75) is 25.1 Å². The summed E-state index contributed by atoms with van der Waals surface area (Å²) in [5.41, 5.74) is -0.356. The van der Waals surface area contributed by atoms with Crippen molar-refractivity contribution >= 4 is 29.5 Å². The number of ether oxygens (including phenoxy) is 1. The number of hydrogen-bond donors (Lipinski definition) is 2. The number of Topliss-reactive ketones (excluding diaryl/α,β-unsaturated/α-hetero) is 1. The molecule has 0 atom stereocenters. The number of nitrogens with zero attached hydrogens (tertiary/aromatic N) is 4. The monoisotopic (exact) mass is 435 g/mol. The molecule has 4 rings (SSSR count). The van der Waals surface area contributed by atoms with Crippen molar-refractivity contribution < 1.29 is 27.8 Å². The Morgan fingerprint density at radius 3 is 2.65 bits per heavy atom. The molecule has 2 aliphatic heterocycles. The first-order chi connectivity index (χ1) is 14.8. The van der Waals surface area contributed by atoms with E-state index in [0.29, 0.717) is 37.6 Å². The summed E-state index contributed by atoms with van der Waals surface area (Å²) in [4.78, 5) is 27.2. The number of carbonyl (C=O) groups is 1. The number of anilines is 3. The van der Waals surface area contributed by atoms with Crippen LogP contribution in [-0.2, 0) is 6.18 Å². The van der Waals surface area contributed by atoms with Crippen LogP contribution in [0.1, 0.15) is 34.5 Å². The van der Waals surface area contributed by atoms with Crippen LogP contribution in [-0.4, -0.2) is 59.9 Å². The van der Waals surface area contributed by atoms with Crippen LogP contribution in [0.2, 0.25) is 0 Å². The zero-order chi connectivity index (χ0) is 22.2. The summed E-state index contributed by atoms with van der Waals surface area (Å²) in [6, 6.07) is 3.53. The lowest BCUT2D eigenvalue weighted by Crippen LogP contribution is -2.37. The van der Waals surface area contributed by atoms with Crippen LogP contribution in [0.5, 0.6) is 5.75 Å². The molecule has 1 fully saturated rings. The van der Waals surface area contributed by atoms with E-state index in [1.165, 1.54) is 18.3 Å². The zero-order valence-corrected chi connectivity index (χ0v) is 16.6. The average molecular weight is 435 g/mol. The van der Waals surface area contributed by atoms with Gasteiger partial charge in [-0.25, -0.2) is 4.98 Å². The third-order valence-electron chi connectivity index (χ3n) is 5.17. The second-order valence-electron chi connectivity index (χ2n) is 7.28. The summed E-state index contributed by atoms with van der Waals surface area (Å²) in [5, 5.41) is 12.6. The van der Waals surface area contributed by atoms with Crippen molar-refractivity contribution in [3.8, 4) is 5.75 Å². The van der Waals surface area contributed by atoms with Gasteiger partial charge in [-0.3, -0.25) is 9.79 Å². The van der Waals surface area contributed by atoms with Crippen molar-refractivity contribution in [3.05, 3.63) is 35.0 Å². The van der Waals surface area contributed by atoms with Crippen LogP contribution >= 0.6 is 0 Å². The third kappa shape index (κ3) is 4.31. The molecule has 0 spiro atoms. The van der Waals surface area contributed by atoms with Crippen LogP contribution < -0.4 is 15.0 Å². The van der Waals surface area contributed by atoms with Crippen molar-refractivity contribution in [1.82, 2.24) is 9.97 Å². The molecule has 1 saturated heterocycles. The van der Waals surface area contributed by atoms with E-state index in [9.17, 15) is 23.1 Å². The molecule has 2 aliphatic rings. The molecule has 3 heterocycles. The Morgan fingerprint density at radius 1 is 1.23 bits per heavy atom. The number of aliphatic imine (C=N–C) groups is 1. The smallest absolute Gasteiger partial charge is 0.420 e. The molecule has 0 bridgehead atoms. The number of halogens is 3. The Hall–Kier alpha value is -3.21. The third-order valence-corrected chi connectivity index (χ3v) is 5.17. The van der Waals surface area contributed by atoms with Gasteiger partial charge in [0, 0.05) is 25.0 Å². The first-order valence-electron chi connectivity index (χ1n) is 9.66.